The quantitative estimate of drug-likeness (QED) is 0.481. The van der Waals surface area contributed by atoms with Crippen molar-refractivity contribution in [1.82, 2.24) is 10.2 Å². The van der Waals surface area contributed by atoms with Crippen molar-refractivity contribution in [1.29, 1.82) is 0 Å². The Hall–Kier alpha value is -2.93. The summed E-state index contributed by atoms with van der Waals surface area (Å²) in [5.41, 5.74) is 2.80. The molecule has 6 nitrogen and oxygen atoms in total. The highest BCUT2D eigenvalue weighted by molar-refractivity contribution is 7.18. The molecule has 7 heteroatoms. The van der Waals surface area contributed by atoms with Gasteiger partial charge in [0, 0.05) is 18.2 Å². The molecule has 1 amide bonds. The highest BCUT2D eigenvalue weighted by Gasteiger charge is 2.24. The van der Waals surface area contributed by atoms with Gasteiger partial charge in [-0.25, -0.2) is 0 Å². The predicted octanol–water partition coefficient (Wildman–Crippen LogP) is 5.58. The lowest BCUT2D eigenvalue weighted by Gasteiger charge is -2.20. The first-order chi connectivity index (χ1) is 14.8. The van der Waals surface area contributed by atoms with Crippen LogP contribution in [-0.2, 0) is 5.41 Å². The Morgan fingerprint density at radius 3 is 2.32 bits per heavy atom. The van der Waals surface area contributed by atoms with E-state index in [4.69, 9.17) is 9.47 Å². The van der Waals surface area contributed by atoms with Crippen LogP contribution in [0.25, 0.3) is 10.6 Å². The molecule has 1 aromatic heterocycles. The summed E-state index contributed by atoms with van der Waals surface area (Å²) < 4.78 is 10.7. The third-order valence-electron chi connectivity index (χ3n) is 4.97. The van der Waals surface area contributed by atoms with Crippen LogP contribution < -0.4 is 14.4 Å². The number of aromatic nitrogens is 2. The summed E-state index contributed by atoms with van der Waals surface area (Å²) in [6.07, 6.45) is 0.791. The molecule has 31 heavy (non-hydrogen) atoms. The van der Waals surface area contributed by atoms with Gasteiger partial charge in [0.25, 0.3) is 5.91 Å². The number of ether oxygens (including phenoxy) is 2. The Balaban J connectivity index is 1.91. The van der Waals surface area contributed by atoms with E-state index in [1.165, 1.54) is 16.9 Å². The van der Waals surface area contributed by atoms with Gasteiger partial charge >= 0.3 is 0 Å². The molecule has 0 saturated carbocycles. The van der Waals surface area contributed by atoms with Crippen LogP contribution in [0, 0.1) is 0 Å². The lowest BCUT2D eigenvalue weighted by molar-refractivity contribution is 0.0983. The predicted molar refractivity (Wildman–Crippen MR) is 126 cm³/mol. The number of anilines is 1. The summed E-state index contributed by atoms with van der Waals surface area (Å²) in [6, 6.07) is 13.5. The molecule has 0 atom stereocenters. The van der Waals surface area contributed by atoms with E-state index < -0.39 is 0 Å². The highest BCUT2D eigenvalue weighted by Crippen LogP contribution is 2.33. The van der Waals surface area contributed by atoms with E-state index in [0.29, 0.717) is 28.7 Å². The van der Waals surface area contributed by atoms with Gasteiger partial charge in [0.05, 0.1) is 19.8 Å². The van der Waals surface area contributed by atoms with Gasteiger partial charge in [0.2, 0.25) is 5.13 Å². The maximum absolute atomic E-state index is 13.4. The maximum atomic E-state index is 13.4. The van der Waals surface area contributed by atoms with Crippen molar-refractivity contribution < 1.29 is 14.3 Å². The Labute approximate surface area is 187 Å². The second-order valence-corrected chi connectivity index (χ2v) is 9.20. The van der Waals surface area contributed by atoms with Crippen molar-refractivity contribution in [3.8, 4) is 22.1 Å². The van der Waals surface area contributed by atoms with E-state index in [-0.39, 0.29) is 11.3 Å². The van der Waals surface area contributed by atoms with Crippen LogP contribution in [0.15, 0.2) is 42.5 Å². The normalized spacial score (nSPS) is 11.3. The number of benzene rings is 2. The largest absolute Gasteiger partial charge is 0.497 e. The van der Waals surface area contributed by atoms with Gasteiger partial charge in [-0.3, -0.25) is 9.69 Å². The van der Waals surface area contributed by atoms with Crippen molar-refractivity contribution in [3.63, 3.8) is 0 Å². The topological polar surface area (TPSA) is 64.6 Å². The molecule has 0 aliphatic carbocycles. The average molecular weight is 440 g/mol. The zero-order valence-corrected chi connectivity index (χ0v) is 19.7. The molecule has 0 bridgehead atoms. The summed E-state index contributed by atoms with van der Waals surface area (Å²) in [5, 5.41) is 10.0. The van der Waals surface area contributed by atoms with Crippen LogP contribution in [0.2, 0.25) is 0 Å². The van der Waals surface area contributed by atoms with E-state index >= 15 is 0 Å². The lowest BCUT2D eigenvalue weighted by atomic mass is 9.87. The van der Waals surface area contributed by atoms with Gasteiger partial charge in [-0.2, -0.15) is 0 Å². The van der Waals surface area contributed by atoms with Gasteiger partial charge < -0.3 is 9.47 Å². The van der Waals surface area contributed by atoms with Crippen LogP contribution in [0.1, 0.15) is 50.0 Å². The molecule has 0 aliphatic heterocycles. The van der Waals surface area contributed by atoms with Crippen LogP contribution in [0.3, 0.4) is 0 Å². The first-order valence-electron chi connectivity index (χ1n) is 10.3. The Bertz CT molecular complexity index is 1040. The molecule has 0 unspecified atom stereocenters. The van der Waals surface area contributed by atoms with Crippen LogP contribution >= 0.6 is 11.3 Å². The standard InChI is InChI=1S/C24H29N3O3S/c1-7-14-27(22(28)19-13-12-18(29-5)15-20(19)30-6)23-26-25-21(31-23)16-8-10-17(11-9-16)24(2,3)4/h8-13,15H,7,14H2,1-6H3. The van der Waals surface area contributed by atoms with Gasteiger partial charge in [0.1, 0.15) is 16.5 Å². The van der Waals surface area contributed by atoms with E-state index in [1.807, 2.05) is 6.92 Å². The van der Waals surface area contributed by atoms with Crippen molar-refractivity contribution in [2.45, 2.75) is 39.5 Å². The lowest BCUT2D eigenvalue weighted by Crippen LogP contribution is -2.32. The summed E-state index contributed by atoms with van der Waals surface area (Å²) in [7, 11) is 3.12. The third-order valence-corrected chi connectivity index (χ3v) is 5.97. The molecule has 0 radical (unpaired) electrons. The molecule has 164 valence electrons. The second kappa shape index (κ2) is 9.47. The van der Waals surface area contributed by atoms with Crippen LogP contribution in [0.5, 0.6) is 11.5 Å². The average Bonchev–Trinajstić information content (AvgIpc) is 3.26. The third kappa shape index (κ3) is 5.05. The second-order valence-electron chi connectivity index (χ2n) is 8.24. The van der Waals surface area contributed by atoms with Crippen molar-refractivity contribution in [2.75, 3.05) is 25.7 Å². The van der Waals surface area contributed by atoms with E-state index in [9.17, 15) is 4.79 Å². The molecule has 0 fully saturated rings. The fraction of sp³-hybridized carbons (Fsp3) is 0.375. The fourth-order valence-electron chi connectivity index (χ4n) is 3.18. The summed E-state index contributed by atoms with van der Waals surface area (Å²) in [6.45, 7) is 9.12. The van der Waals surface area contributed by atoms with Crippen LogP contribution in [0.4, 0.5) is 5.13 Å². The van der Waals surface area contributed by atoms with Crippen LogP contribution in [-0.4, -0.2) is 36.9 Å². The Morgan fingerprint density at radius 2 is 1.74 bits per heavy atom. The number of rotatable bonds is 7. The minimum absolute atomic E-state index is 0.0899. The van der Waals surface area contributed by atoms with Gasteiger partial charge in [-0.05, 0) is 29.5 Å². The van der Waals surface area contributed by atoms with E-state index in [1.54, 1.807) is 37.3 Å². The molecule has 0 saturated heterocycles. The van der Waals surface area contributed by atoms with E-state index in [2.05, 4.69) is 55.2 Å². The van der Waals surface area contributed by atoms with Gasteiger partial charge in [-0.1, -0.05) is 63.3 Å². The molecule has 2 aromatic carbocycles. The smallest absolute Gasteiger partial charge is 0.263 e. The monoisotopic (exact) mass is 439 g/mol. The fourth-order valence-corrected chi connectivity index (χ4v) is 4.06. The molecule has 0 N–H and O–H groups in total. The summed E-state index contributed by atoms with van der Waals surface area (Å²) >= 11 is 1.41. The minimum atomic E-state index is -0.174. The van der Waals surface area contributed by atoms with Crippen molar-refractivity contribution >= 4 is 22.4 Å². The number of hydrogen-bond donors (Lipinski definition) is 0. The summed E-state index contributed by atoms with van der Waals surface area (Å²) in [5.74, 6) is 0.924. The SMILES string of the molecule is CCCN(C(=O)c1ccc(OC)cc1OC)c1nnc(-c2ccc(C(C)(C)C)cc2)s1. The number of hydrogen-bond acceptors (Lipinski definition) is 6. The molecule has 0 spiro atoms. The summed E-state index contributed by atoms with van der Waals surface area (Å²) in [4.78, 5) is 15.0. The van der Waals surface area contributed by atoms with E-state index in [0.717, 1.165) is 17.0 Å². The molecule has 3 rings (SSSR count). The maximum Gasteiger partial charge on any atom is 0.263 e. The minimum Gasteiger partial charge on any atom is -0.497 e. The zero-order chi connectivity index (χ0) is 22.6. The molecule has 1 heterocycles. The first kappa shape index (κ1) is 22.7. The molecular weight excluding hydrogens is 410 g/mol. The number of amides is 1. The molecule has 3 aromatic rings. The van der Waals surface area contributed by atoms with Crippen molar-refractivity contribution in [3.05, 3.63) is 53.6 Å². The van der Waals surface area contributed by atoms with Gasteiger partial charge in [0.15, 0.2) is 0 Å². The number of methoxy groups -OCH3 is 2. The molecule has 0 aliphatic rings. The number of nitrogens with zero attached hydrogens (tertiary/aromatic N) is 3. The Morgan fingerprint density at radius 1 is 1.03 bits per heavy atom. The first-order valence-corrected chi connectivity index (χ1v) is 11.1. The zero-order valence-electron chi connectivity index (χ0n) is 18.9. The highest BCUT2D eigenvalue weighted by atomic mass is 32.1. The van der Waals surface area contributed by atoms with Gasteiger partial charge in [-0.15, -0.1) is 10.2 Å². The molecular formula is C24H29N3O3S. The number of carbonyl (C=O) groups is 1. The van der Waals surface area contributed by atoms with Crippen molar-refractivity contribution in [2.24, 2.45) is 0 Å². The number of carbonyl (C=O) groups excluding carboxylic acids is 1. The Kier molecular flexibility index (Phi) is 6.95.